The van der Waals surface area contributed by atoms with Crippen molar-refractivity contribution < 1.29 is 0 Å². The SMILES string of the molecule is C/C=C\N(C(C)C)C(C)(C)c1cc2ccccc2[nH]1. The van der Waals surface area contributed by atoms with Crippen molar-refractivity contribution in [3.05, 3.63) is 48.3 Å². The minimum Gasteiger partial charge on any atom is -0.365 e. The molecule has 0 fully saturated rings. The summed E-state index contributed by atoms with van der Waals surface area (Å²) in [5.74, 6) is 0. The van der Waals surface area contributed by atoms with Gasteiger partial charge >= 0.3 is 0 Å². The molecule has 1 aromatic heterocycles. The van der Waals surface area contributed by atoms with Gasteiger partial charge in [-0.15, -0.1) is 0 Å². The van der Waals surface area contributed by atoms with E-state index < -0.39 is 0 Å². The van der Waals surface area contributed by atoms with E-state index in [-0.39, 0.29) is 5.54 Å². The lowest BCUT2D eigenvalue weighted by Crippen LogP contribution is -2.42. The molecule has 0 saturated heterocycles. The number of hydrogen-bond donors (Lipinski definition) is 1. The van der Waals surface area contributed by atoms with E-state index in [1.54, 1.807) is 0 Å². The monoisotopic (exact) mass is 256 g/mol. The second-order valence-electron chi connectivity index (χ2n) is 5.81. The third-order valence-electron chi connectivity index (χ3n) is 3.70. The summed E-state index contributed by atoms with van der Waals surface area (Å²) in [5, 5.41) is 1.27. The summed E-state index contributed by atoms with van der Waals surface area (Å²) in [6.07, 6.45) is 4.28. The lowest BCUT2D eigenvalue weighted by Gasteiger charge is -2.40. The zero-order chi connectivity index (χ0) is 14.0. The molecule has 0 aliphatic heterocycles. The Morgan fingerprint density at radius 1 is 1.21 bits per heavy atom. The van der Waals surface area contributed by atoms with Crippen LogP contribution in [0.3, 0.4) is 0 Å². The molecule has 2 nitrogen and oxygen atoms in total. The number of hydrogen-bond acceptors (Lipinski definition) is 1. The average Bonchev–Trinajstić information content (AvgIpc) is 2.79. The molecule has 2 heteroatoms. The molecule has 0 spiro atoms. The van der Waals surface area contributed by atoms with E-state index in [9.17, 15) is 0 Å². The molecule has 0 bridgehead atoms. The van der Waals surface area contributed by atoms with Crippen molar-refractivity contribution in [3.8, 4) is 0 Å². The zero-order valence-electron chi connectivity index (χ0n) is 12.6. The number of aromatic nitrogens is 1. The van der Waals surface area contributed by atoms with Crippen LogP contribution in [0.25, 0.3) is 10.9 Å². The van der Waals surface area contributed by atoms with Crippen LogP contribution in [-0.2, 0) is 5.54 Å². The summed E-state index contributed by atoms with van der Waals surface area (Å²) >= 11 is 0. The molecular weight excluding hydrogens is 232 g/mol. The van der Waals surface area contributed by atoms with Gasteiger partial charge in [0.05, 0.1) is 5.54 Å². The lowest BCUT2D eigenvalue weighted by atomic mass is 9.96. The Hall–Kier alpha value is -1.70. The van der Waals surface area contributed by atoms with Gasteiger partial charge in [-0.25, -0.2) is 0 Å². The highest BCUT2D eigenvalue weighted by atomic mass is 15.2. The lowest BCUT2D eigenvalue weighted by molar-refractivity contribution is 0.142. The molecule has 1 heterocycles. The topological polar surface area (TPSA) is 19.0 Å². The van der Waals surface area contributed by atoms with Gasteiger partial charge in [-0.05, 0) is 58.3 Å². The molecule has 0 radical (unpaired) electrons. The van der Waals surface area contributed by atoms with Crippen molar-refractivity contribution >= 4 is 10.9 Å². The van der Waals surface area contributed by atoms with Crippen LogP contribution in [0.2, 0.25) is 0 Å². The molecule has 102 valence electrons. The fourth-order valence-corrected chi connectivity index (χ4v) is 2.71. The van der Waals surface area contributed by atoms with Crippen LogP contribution in [-0.4, -0.2) is 15.9 Å². The number of nitrogens with zero attached hydrogens (tertiary/aromatic N) is 1. The summed E-state index contributed by atoms with van der Waals surface area (Å²) in [5.41, 5.74) is 2.40. The largest absolute Gasteiger partial charge is 0.365 e. The van der Waals surface area contributed by atoms with Crippen LogP contribution < -0.4 is 0 Å². The summed E-state index contributed by atoms with van der Waals surface area (Å²) in [4.78, 5) is 5.94. The molecule has 19 heavy (non-hydrogen) atoms. The van der Waals surface area contributed by atoms with E-state index in [1.165, 1.54) is 16.6 Å². The number of H-pyrrole nitrogens is 1. The predicted molar refractivity (Wildman–Crippen MR) is 83.1 cm³/mol. The van der Waals surface area contributed by atoms with Crippen LogP contribution in [0.4, 0.5) is 0 Å². The minimum atomic E-state index is -0.0559. The fourth-order valence-electron chi connectivity index (χ4n) is 2.71. The first-order chi connectivity index (χ1) is 8.96. The maximum atomic E-state index is 3.55. The van der Waals surface area contributed by atoms with E-state index in [2.05, 4.69) is 87.1 Å². The van der Waals surface area contributed by atoms with Gasteiger partial charge in [0.25, 0.3) is 0 Å². The highest BCUT2D eigenvalue weighted by Crippen LogP contribution is 2.31. The Balaban J connectivity index is 2.47. The highest BCUT2D eigenvalue weighted by Gasteiger charge is 2.29. The van der Waals surface area contributed by atoms with Crippen LogP contribution in [0.1, 0.15) is 40.3 Å². The van der Waals surface area contributed by atoms with Crippen molar-refractivity contribution in [2.45, 2.75) is 46.2 Å². The van der Waals surface area contributed by atoms with Crippen LogP contribution in [0.15, 0.2) is 42.6 Å². The Morgan fingerprint density at radius 2 is 1.89 bits per heavy atom. The summed E-state index contributed by atoms with van der Waals surface area (Å²) in [6.45, 7) is 11.0. The van der Waals surface area contributed by atoms with Gasteiger partial charge in [-0.2, -0.15) is 0 Å². The first-order valence-electron chi connectivity index (χ1n) is 6.96. The van der Waals surface area contributed by atoms with Crippen molar-refractivity contribution in [2.75, 3.05) is 0 Å². The first-order valence-corrected chi connectivity index (χ1v) is 6.96. The van der Waals surface area contributed by atoms with Gasteiger partial charge in [0.1, 0.15) is 0 Å². The van der Waals surface area contributed by atoms with Crippen molar-refractivity contribution in [3.63, 3.8) is 0 Å². The molecule has 0 unspecified atom stereocenters. The van der Waals surface area contributed by atoms with Gasteiger partial charge in [0.2, 0.25) is 0 Å². The van der Waals surface area contributed by atoms with E-state index in [0.717, 1.165) is 0 Å². The molecule has 0 amide bonds. The average molecular weight is 256 g/mol. The maximum absolute atomic E-state index is 3.55. The van der Waals surface area contributed by atoms with Gasteiger partial charge < -0.3 is 9.88 Å². The zero-order valence-corrected chi connectivity index (χ0v) is 12.6. The van der Waals surface area contributed by atoms with Crippen molar-refractivity contribution in [1.29, 1.82) is 0 Å². The number of fused-ring (bicyclic) bond motifs is 1. The van der Waals surface area contributed by atoms with Gasteiger partial charge in [0, 0.05) is 17.3 Å². The molecule has 0 aliphatic carbocycles. The standard InChI is InChI=1S/C17H24N2/c1-6-11-19(13(2)3)17(4,5)16-12-14-9-7-8-10-15(14)18-16/h6-13,18H,1-5H3/b11-6-. The van der Waals surface area contributed by atoms with Gasteiger partial charge in [-0.1, -0.05) is 24.3 Å². The third kappa shape index (κ3) is 2.53. The first kappa shape index (κ1) is 13.7. The fraction of sp³-hybridized carbons (Fsp3) is 0.412. The number of aromatic amines is 1. The van der Waals surface area contributed by atoms with Crippen molar-refractivity contribution in [2.24, 2.45) is 0 Å². The normalized spacial score (nSPS) is 12.7. The van der Waals surface area contributed by atoms with Crippen LogP contribution >= 0.6 is 0 Å². The molecule has 1 N–H and O–H groups in total. The number of nitrogens with one attached hydrogen (secondary N) is 1. The second-order valence-corrected chi connectivity index (χ2v) is 5.81. The van der Waals surface area contributed by atoms with Crippen LogP contribution in [0, 0.1) is 0 Å². The van der Waals surface area contributed by atoms with Crippen LogP contribution in [0.5, 0.6) is 0 Å². The number of rotatable bonds is 4. The molecule has 2 aromatic rings. The highest BCUT2D eigenvalue weighted by molar-refractivity contribution is 5.80. The van der Waals surface area contributed by atoms with E-state index >= 15 is 0 Å². The summed E-state index contributed by atoms with van der Waals surface area (Å²) in [6, 6.07) is 11.2. The maximum Gasteiger partial charge on any atom is 0.0743 e. The number of para-hydroxylation sites is 1. The van der Waals surface area contributed by atoms with Gasteiger partial charge in [0.15, 0.2) is 0 Å². The molecule has 0 atom stereocenters. The smallest absolute Gasteiger partial charge is 0.0743 e. The molecular formula is C17H24N2. The summed E-state index contributed by atoms with van der Waals surface area (Å²) < 4.78 is 0. The number of allylic oxidation sites excluding steroid dienone is 1. The molecule has 0 aliphatic rings. The quantitative estimate of drug-likeness (QED) is 0.843. The van der Waals surface area contributed by atoms with E-state index in [1.807, 2.05) is 0 Å². The third-order valence-corrected chi connectivity index (χ3v) is 3.70. The molecule has 2 rings (SSSR count). The Morgan fingerprint density at radius 3 is 2.47 bits per heavy atom. The molecule has 0 saturated carbocycles. The number of benzene rings is 1. The van der Waals surface area contributed by atoms with E-state index in [4.69, 9.17) is 0 Å². The Kier molecular flexibility index (Phi) is 3.70. The van der Waals surface area contributed by atoms with Gasteiger partial charge in [-0.3, -0.25) is 0 Å². The predicted octanol–water partition coefficient (Wildman–Crippen LogP) is 4.65. The summed E-state index contributed by atoms with van der Waals surface area (Å²) in [7, 11) is 0. The minimum absolute atomic E-state index is 0.0559. The Labute approximate surface area is 116 Å². The second kappa shape index (κ2) is 5.12. The van der Waals surface area contributed by atoms with E-state index in [0.29, 0.717) is 6.04 Å². The van der Waals surface area contributed by atoms with Crippen molar-refractivity contribution in [1.82, 2.24) is 9.88 Å². The Bertz CT molecular complexity index is 543. The molecule has 1 aromatic carbocycles.